The summed E-state index contributed by atoms with van der Waals surface area (Å²) in [5.74, 6) is -0.652. The molecule has 3 nitrogen and oxygen atoms in total. The van der Waals surface area contributed by atoms with Gasteiger partial charge in [0, 0.05) is 6.54 Å². The number of hydrogen-bond acceptors (Lipinski definition) is 3. The van der Waals surface area contributed by atoms with Gasteiger partial charge >= 0.3 is 5.97 Å². The Balaban J connectivity index is 2.67. The second-order valence-electron chi connectivity index (χ2n) is 4.37. The number of benzene rings is 1. The van der Waals surface area contributed by atoms with Crippen LogP contribution in [0.15, 0.2) is 18.2 Å². The summed E-state index contributed by atoms with van der Waals surface area (Å²) in [4.78, 5) is 11.5. The normalized spacial score (nSPS) is 12.6. The van der Waals surface area contributed by atoms with Gasteiger partial charge in [0.1, 0.15) is 11.9 Å². The summed E-state index contributed by atoms with van der Waals surface area (Å²) in [7, 11) is 1.36. The van der Waals surface area contributed by atoms with Crippen LogP contribution in [0.25, 0.3) is 0 Å². The maximum atomic E-state index is 13.0. The molecule has 1 aromatic carbocycles. The predicted octanol–water partition coefficient (Wildman–Crippen LogP) is 2.77. The zero-order valence-electron chi connectivity index (χ0n) is 10.7. The largest absolute Gasteiger partial charge is 0.468 e. The van der Waals surface area contributed by atoms with Gasteiger partial charge in [-0.15, -0.1) is 0 Å². The number of ether oxygens (including phenoxy) is 1. The molecule has 0 heterocycles. The Morgan fingerprint density at radius 2 is 2.17 bits per heavy atom. The molecule has 0 fully saturated rings. The van der Waals surface area contributed by atoms with Gasteiger partial charge in [-0.25, -0.2) is 4.39 Å². The van der Waals surface area contributed by atoms with E-state index in [1.54, 1.807) is 12.1 Å². The lowest BCUT2D eigenvalue weighted by Gasteiger charge is -2.19. The van der Waals surface area contributed by atoms with Gasteiger partial charge in [-0.3, -0.25) is 4.79 Å². The summed E-state index contributed by atoms with van der Waals surface area (Å²) in [5, 5.41) is 3.15. The van der Waals surface area contributed by atoms with Crippen molar-refractivity contribution < 1.29 is 13.9 Å². The predicted molar refractivity (Wildman–Crippen MR) is 68.9 cm³/mol. The van der Waals surface area contributed by atoms with E-state index in [0.29, 0.717) is 6.54 Å². The molecule has 1 aromatic rings. The number of esters is 1. The number of halogens is 2. The van der Waals surface area contributed by atoms with Crippen LogP contribution in [-0.2, 0) is 16.1 Å². The van der Waals surface area contributed by atoms with Gasteiger partial charge < -0.3 is 10.1 Å². The maximum Gasteiger partial charge on any atom is 0.323 e. The molecule has 5 heteroatoms. The van der Waals surface area contributed by atoms with Crippen LogP contribution in [0.2, 0.25) is 5.02 Å². The molecule has 100 valence electrons. The van der Waals surface area contributed by atoms with Crippen molar-refractivity contribution in [1.82, 2.24) is 5.32 Å². The van der Waals surface area contributed by atoms with E-state index in [1.165, 1.54) is 13.2 Å². The van der Waals surface area contributed by atoms with Crippen LogP contribution in [-0.4, -0.2) is 19.1 Å². The molecule has 0 spiro atoms. The smallest absolute Gasteiger partial charge is 0.323 e. The van der Waals surface area contributed by atoms with Gasteiger partial charge in [0.15, 0.2) is 0 Å². The van der Waals surface area contributed by atoms with Crippen molar-refractivity contribution in [1.29, 1.82) is 0 Å². The second-order valence-corrected chi connectivity index (χ2v) is 4.78. The van der Waals surface area contributed by atoms with E-state index in [0.717, 1.165) is 5.56 Å². The molecular formula is C13H17ClFNO2. The van der Waals surface area contributed by atoms with Crippen molar-refractivity contribution in [2.75, 3.05) is 7.11 Å². The first-order valence-electron chi connectivity index (χ1n) is 5.70. The Hall–Kier alpha value is -1.13. The summed E-state index contributed by atoms with van der Waals surface area (Å²) in [6.07, 6.45) is 0. The Morgan fingerprint density at radius 3 is 2.67 bits per heavy atom. The molecule has 0 saturated carbocycles. The third-order valence-electron chi connectivity index (χ3n) is 2.63. The fourth-order valence-electron chi connectivity index (χ4n) is 1.60. The zero-order chi connectivity index (χ0) is 13.7. The minimum atomic E-state index is -0.450. The van der Waals surface area contributed by atoms with Crippen LogP contribution in [0.5, 0.6) is 0 Å². The number of carbonyl (C=O) groups is 1. The van der Waals surface area contributed by atoms with Gasteiger partial charge in [0.05, 0.1) is 12.1 Å². The van der Waals surface area contributed by atoms with E-state index in [4.69, 9.17) is 16.3 Å². The molecule has 0 aliphatic heterocycles. The Kier molecular flexibility index (Phi) is 5.56. The molecule has 0 radical (unpaired) electrons. The van der Waals surface area contributed by atoms with Gasteiger partial charge in [-0.2, -0.15) is 0 Å². The zero-order valence-corrected chi connectivity index (χ0v) is 11.4. The highest BCUT2D eigenvalue weighted by Crippen LogP contribution is 2.16. The Labute approximate surface area is 111 Å². The van der Waals surface area contributed by atoms with E-state index >= 15 is 0 Å². The molecule has 0 saturated heterocycles. The standard InChI is InChI=1S/C13H17ClFNO2/c1-8(2)12(13(17)18-3)16-7-9-4-5-11(15)10(14)6-9/h4-6,8,12,16H,7H2,1-3H3/t12-/m0/s1. The summed E-state index contributed by atoms with van der Waals surface area (Å²) >= 11 is 5.69. The summed E-state index contributed by atoms with van der Waals surface area (Å²) in [6, 6.07) is 4.09. The van der Waals surface area contributed by atoms with Crippen LogP contribution in [0.1, 0.15) is 19.4 Å². The fraction of sp³-hybridized carbons (Fsp3) is 0.462. The van der Waals surface area contributed by atoms with E-state index in [1.807, 2.05) is 13.8 Å². The number of methoxy groups -OCH3 is 1. The fourth-order valence-corrected chi connectivity index (χ4v) is 1.80. The quantitative estimate of drug-likeness (QED) is 0.839. The van der Waals surface area contributed by atoms with Crippen molar-refractivity contribution >= 4 is 17.6 Å². The highest BCUT2D eigenvalue weighted by Gasteiger charge is 2.22. The molecule has 1 rings (SSSR count). The number of hydrogen-bond donors (Lipinski definition) is 1. The maximum absolute atomic E-state index is 13.0. The van der Waals surface area contributed by atoms with Crippen molar-refractivity contribution in [2.45, 2.75) is 26.4 Å². The van der Waals surface area contributed by atoms with Crippen LogP contribution >= 0.6 is 11.6 Å². The summed E-state index contributed by atoms with van der Waals surface area (Å²) in [5.41, 5.74) is 0.816. The minimum Gasteiger partial charge on any atom is -0.468 e. The highest BCUT2D eigenvalue weighted by atomic mass is 35.5. The molecule has 0 bridgehead atoms. The number of nitrogens with one attached hydrogen (secondary N) is 1. The SMILES string of the molecule is COC(=O)[C@@H](NCc1ccc(F)c(Cl)c1)C(C)C. The average Bonchev–Trinajstić information content (AvgIpc) is 2.33. The summed E-state index contributed by atoms with van der Waals surface area (Å²) < 4.78 is 17.7. The van der Waals surface area contributed by atoms with Crippen molar-refractivity contribution in [3.05, 3.63) is 34.6 Å². The van der Waals surface area contributed by atoms with Gasteiger partial charge in [0.25, 0.3) is 0 Å². The average molecular weight is 274 g/mol. The highest BCUT2D eigenvalue weighted by molar-refractivity contribution is 6.30. The molecule has 0 amide bonds. The van der Waals surface area contributed by atoms with E-state index < -0.39 is 5.82 Å². The van der Waals surface area contributed by atoms with Crippen LogP contribution < -0.4 is 5.32 Å². The summed E-state index contributed by atoms with van der Waals surface area (Å²) in [6.45, 7) is 4.27. The lowest BCUT2D eigenvalue weighted by molar-refractivity contribution is -0.144. The van der Waals surface area contributed by atoms with Gasteiger partial charge in [-0.1, -0.05) is 31.5 Å². The third kappa shape index (κ3) is 3.96. The first kappa shape index (κ1) is 14.9. The van der Waals surface area contributed by atoms with Crippen LogP contribution in [0, 0.1) is 11.7 Å². The molecule has 0 aliphatic rings. The third-order valence-corrected chi connectivity index (χ3v) is 2.92. The van der Waals surface area contributed by atoms with E-state index in [-0.39, 0.29) is 23.0 Å². The molecule has 1 atom stereocenters. The number of carbonyl (C=O) groups excluding carboxylic acids is 1. The topological polar surface area (TPSA) is 38.3 Å². The molecular weight excluding hydrogens is 257 g/mol. The van der Waals surface area contributed by atoms with E-state index in [9.17, 15) is 9.18 Å². The minimum absolute atomic E-state index is 0.0773. The molecule has 1 N–H and O–H groups in total. The lowest BCUT2D eigenvalue weighted by atomic mass is 10.0. The van der Waals surface area contributed by atoms with Gasteiger partial charge in [-0.05, 0) is 23.6 Å². The Morgan fingerprint density at radius 1 is 1.50 bits per heavy atom. The molecule has 18 heavy (non-hydrogen) atoms. The van der Waals surface area contributed by atoms with Crippen LogP contribution in [0.3, 0.4) is 0 Å². The first-order valence-corrected chi connectivity index (χ1v) is 6.08. The number of rotatable bonds is 5. The van der Waals surface area contributed by atoms with Crippen molar-refractivity contribution in [2.24, 2.45) is 5.92 Å². The van der Waals surface area contributed by atoms with Gasteiger partial charge in [0.2, 0.25) is 0 Å². The molecule has 0 aliphatic carbocycles. The lowest BCUT2D eigenvalue weighted by Crippen LogP contribution is -2.41. The molecule has 0 aromatic heterocycles. The van der Waals surface area contributed by atoms with Crippen LogP contribution in [0.4, 0.5) is 4.39 Å². The second kappa shape index (κ2) is 6.71. The Bertz CT molecular complexity index is 423. The van der Waals surface area contributed by atoms with E-state index in [2.05, 4.69) is 5.32 Å². The molecule has 0 unspecified atom stereocenters. The monoisotopic (exact) mass is 273 g/mol. The van der Waals surface area contributed by atoms with Crippen molar-refractivity contribution in [3.8, 4) is 0 Å². The van der Waals surface area contributed by atoms with Crippen molar-refractivity contribution in [3.63, 3.8) is 0 Å². The first-order chi connectivity index (χ1) is 8.45.